The Balaban J connectivity index is 2.27. The van der Waals surface area contributed by atoms with Crippen LogP contribution in [0.2, 0.25) is 5.02 Å². The van der Waals surface area contributed by atoms with Crippen molar-refractivity contribution in [3.05, 3.63) is 53.1 Å². The summed E-state index contributed by atoms with van der Waals surface area (Å²) in [4.78, 5) is 11.8. The molecule has 0 aromatic heterocycles. The van der Waals surface area contributed by atoms with E-state index in [-0.39, 0.29) is 27.0 Å². The molecule has 0 heterocycles. The zero-order valence-corrected chi connectivity index (χ0v) is 15.4. The zero-order valence-electron chi connectivity index (χ0n) is 13.9. The average molecular weight is 382 g/mol. The van der Waals surface area contributed by atoms with Crippen LogP contribution in [0.1, 0.15) is 25.3 Å². The fourth-order valence-corrected chi connectivity index (χ4v) is 3.82. The van der Waals surface area contributed by atoms with Gasteiger partial charge in [0, 0.05) is 6.42 Å². The molecule has 0 aliphatic heterocycles. The highest BCUT2D eigenvalue weighted by Crippen LogP contribution is 2.30. The monoisotopic (exact) mass is 381 g/mol. The molecule has 0 unspecified atom stereocenters. The fraction of sp³-hybridized carbons (Fsp3) is 0.278. The summed E-state index contributed by atoms with van der Waals surface area (Å²) < 4.78 is 30.5. The van der Waals surface area contributed by atoms with Gasteiger partial charge in [0.05, 0.1) is 14.8 Å². The Morgan fingerprint density at radius 3 is 2.32 bits per heavy atom. The van der Waals surface area contributed by atoms with Gasteiger partial charge in [0.1, 0.15) is 5.75 Å². The molecule has 0 saturated heterocycles. The Morgan fingerprint density at radius 2 is 1.76 bits per heavy atom. The first kappa shape index (κ1) is 19.4. The van der Waals surface area contributed by atoms with Gasteiger partial charge in [-0.25, -0.2) is 8.42 Å². The van der Waals surface area contributed by atoms with Crippen molar-refractivity contribution in [1.29, 1.82) is 0 Å². The van der Waals surface area contributed by atoms with Crippen molar-refractivity contribution < 1.29 is 17.9 Å². The first-order chi connectivity index (χ1) is 11.9. The van der Waals surface area contributed by atoms with E-state index in [2.05, 4.69) is 0 Å². The molecular weight excluding hydrogens is 362 g/mol. The standard InChI is InChI=1S/C18H20ClNO4S/c1-2-3-18(21)24-17-9-8-15(12-16(17)19)25(22,23)14-6-4-13(5-7-14)10-11-20/h4-9,12H,2-3,10-11,20H2,1H3. The minimum atomic E-state index is -3.70. The number of carbonyl (C=O) groups excluding carboxylic acids is 1. The highest BCUT2D eigenvalue weighted by Gasteiger charge is 2.19. The average Bonchev–Trinajstić information content (AvgIpc) is 2.57. The first-order valence-corrected chi connectivity index (χ1v) is 9.79. The maximum atomic E-state index is 12.7. The van der Waals surface area contributed by atoms with Crippen molar-refractivity contribution >= 4 is 27.4 Å². The van der Waals surface area contributed by atoms with E-state index in [0.717, 1.165) is 5.56 Å². The van der Waals surface area contributed by atoms with E-state index in [1.165, 1.54) is 18.2 Å². The topological polar surface area (TPSA) is 86.5 Å². The molecule has 0 spiro atoms. The second-order valence-corrected chi connectivity index (χ2v) is 7.86. The van der Waals surface area contributed by atoms with Crippen LogP contribution >= 0.6 is 11.6 Å². The molecule has 2 aromatic carbocycles. The third kappa shape index (κ3) is 4.81. The normalized spacial score (nSPS) is 11.3. The Hall–Kier alpha value is -1.89. The second-order valence-electron chi connectivity index (χ2n) is 5.50. The predicted octanol–water partition coefficient (Wildman–Crippen LogP) is 3.38. The van der Waals surface area contributed by atoms with Gasteiger partial charge in [-0.2, -0.15) is 0 Å². The molecule has 0 amide bonds. The van der Waals surface area contributed by atoms with Crippen LogP contribution in [0.25, 0.3) is 0 Å². The number of sulfone groups is 1. The number of rotatable bonds is 7. The third-order valence-electron chi connectivity index (χ3n) is 3.56. The van der Waals surface area contributed by atoms with Crippen LogP contribution < -0.4 is 10.5 Å². The van der Waals surface area contributed by atoms with Gasteiger partial charge < -0.3 is 10.5 Å². The summed E-state index contributed by atoms with van der Waals surface area (Å²) in [5.74, 6) is -0.257. The zero-order chi connectivity index (χ0) is 18.4. The highest BCUT2D eigenvalue weighted by atomic mass is 35.5. The molecule has 0 aliphatic carbocycles. The number of halogens is 1. The molecule has 7 heteroatoms. The van der Waals surface area contributed by atoms with Gasteiger partial charge in [-0.3, -0.25) is 4.79 Å². The summed E-state index contributed by atoms with van der Waals surface area (Å²) >= 11 is 6.08. The van der Waals surface area contributed by atoms with Crippen LogP contribution in [0.3, 0.4) is 0 Å². The van der Waals surface area contributed by atoms with E-state index in [0.29, 0.717) is 19.4 Å². The van der Waals surface area contributed by atoms with Gasteiger partial charge >= 0.3 is 5.97 Å². The minimum Gasteiger partial charge on any atom is -0.425 e. The number of nitrogens with two attached hydrogens (primary N) is 1. The van der Waals surface area contributed by atoms with Gasteiger partial charge in [-0.05, 0) is 55.3 Å². The molecule has 0 radical (unpaired) electrons. The summed E-state index contributed by atoms with van der Waals surface area (Å²) in [7, 11) is -3.70. The summed E-state index contributed by atoms with van der Waals surface area (Å²) in [5, 5.41) is 0.0743. The van der Waals surface area contributed by atoms with Crippen LogP contribution in [0, 0.1) is 0 Å². The van der Waals surface area contributed by atoms with Gasteiger partial charge in [0.15, 0.2) is 0 Å². The van der Waals surface area contributed by atoms with Gasteiger partial charge in [-0.1, -0.05) is 30.7 Å². The van der Waals surface area contributed by atoms with Gasteiger partial charge in [0.2, 0.25) is 9.84 Å². The van der Waals surface area contributed by atoms with Crippen molar-refractivity contribution in [2.45, 2.75) is 36.0 Å². The number of hydrogen-bond donors (Lipinski definition) is 1. The van der Waals surface area contributed by atoms with E-state index in [1.807, 2.05) is 6.92 Å². The lowest BCUT2D eigenvalue weighted by Crippen LogP contribution is -2.08. The lowest BCUT2D eigenvalue weighted by molar-refractivity contribution is -0.134. The Labute approximate surface area is 152 Å². The molecule has 0 fully saturated rings. The van der Waals surface area contributed by atoms with Crippen LogP contribution in [-0.4, -0.2) is 20.9 Å². The van der Waals surface area contributed by atoms with Crippen molar-refractivity contribution in [3.63, 3.8) is 0 Å². The van der Waals surface area contributed by atoms with E-state index in [9.17, 15) is 13.2 Å². The molecule has 0 saturated carbocycles. The molecule has 0 aliphatic rings. The molecular formula is C18H20ClNO4S. The smallest absolute Gasteiger partial charge is 0.311 e. The van der Waals surface area contributed by atoms with Crippen LogP contribution in [0.5, 0.6) is 5.75 Å². The SMILES string of the molecule is CCCC(=O)Oc1ccc(S(=O)(=O)c2ccc(CCN)cc2)cc1Cl. The second kappa shape index (κ2) is 8.47. The van der Waals surface area contributed by atoms with Crippen LogP contribution in [0.4, 0.5) is 0 Å². The van der Waals surface area contributed by atoms with E-state index in [1.54, 1.807) is 24.3 Å². The Bertz CT molecular complexity index is 848. The number of ether oxygens (including phenoxy) is 1. The number of hydrogen-bond acceptors (Lipinski definition) is 5. The Kier molecular flexibility index (Phi) is 6.58. The largest absolute Gasteiger partial charge is 0.425 e. The summed E-state index contributed by atoms with van der Waals surface area (Å²) in [6, 6.07) is 10.6. The van der Waals surface area contributed by atoms with E-state index < -0.39 is 15.8 Å². The lowest BCUT2D eigenvalue weighted by Gasteiger charge is -2.09. The highest BCUT2D eigenvalue weighted by molar-refractivity contribution is 7.91. The molecule has 0 atom stereocenters. The number of esters is 1. The van der Waals surface area contributed by atoms with Crippen LogP contribution in [-0.2, 0) is 21.1 Å². The van der Waals surface area contributed by atoms with Crippen molar-refractivity contribution in [3.8, 4) is 5.75 Å². The van der Waals surface area contributed by atoms with Gasteiger partial charge in [-0.15, -0.1) is 0 Å². The van der Waals surface area contributed by atoms with Gasteiger partial charge in [0.25, 0.3) is 0 Å². The lowest BCUT2D eigenvalue weighted by atomic mass is 10.2. The number of carbonyl (C=O) groups is 1. The quantitative estimate of drug-likeness (QED) is 0.586. The summed E-state index contributed by atoms with van der Waals surface area (Å²) in [6.07, 6.45) is 1.61. The van der Waals surface area contributed by atoms with Crippen LogP contribution in [0.15, 0.2) is 52.3 Å². The number of benzene rings is 2. The molecule has 134 valence electrons. The maximum absolute atomic E-state index is 12.7. The van der Waals surface area contributed by atoms with E-state index >= 15 is 0 Å². The molecule has 5 nitrogen and oxygen atoms in total. The predicted molar refractivity (Wildman–Crippen MR) is 96.6 cm³/mol. The minimum absolute atomic E-state index is 0.0411. The molecule has 2 N–H and O–H groups in total. The molecule has 25 heavy (non-hydrogen) atoms. The maximum Gasteiger partial charge on any atom is 0.311 e. The summed E-state index contributed by atoms with van der Waals surface area (Å²) in [5.41, 5.74) is 6.46. The molecule has 2 aromatic rings. The summed E-state index contributed by atoms with van der Waals surface area (Å²) in [6.45, 7) is 2.36. The van der Waals surface area contributed by atoms with E-state index in [4.69, 9.17) is 22.1 Å². The van der Waals surface area contributed by atoms with Crippen molar-refractivity contribution in [2.75, 3.05) is 6.54 Å². The van der Waals surface area contributed by atoms with Crippen molar-refractivity contribution in [2.24, 2.45) is 5.73 Å². The Morgan fingerprint density at radius 1 is 1.12 bits per heavy atom. The fourth-order valence-electron chi connectivity index (χ4n) is 2.25. The van der Waals surface area contributed by atoms with Crippen molar-refractivity contribution in [1.82, 2.24) is 0 Å². The molecule has 0 bridgehead atoms. The first-order valence-electron chi connectivity index (χ1n) is 7.92. The third-order valence-corrected chi connectivity index (χ3v) is 5.62. The molecule has 2 rings (SSSR count).